The van der Waals surface area contributed by atoms with Crippen molar-refractivity contribution in [2.45, 2.75) is 164 Å². The molecule has 18 N–H and O–H groups in total. The van der Waals surface area contributed by atoms with Crippen LogP contribution in [0.1, 0.15) is 109 Å². The highest BCUT2D eigenvalue weighted by Gasteiger charge is 2.40. The summed E-state index contributed by atoms with van der Waals surface area (Å²) >= 11 is 0. The summed E-state index contributed by atoms with van der Waals surface area (Å²) in [6.45, 7) is 0.433. The van der Waals surface area contributed by atoms with Crippen molar-refractivity contribution in [1.82, 2.24) is 92.4 Å². The molecular weight excluding hydrogens is 1570 g/mol. The normalized spacial score (nSPS) is 23.2. The van der Waals surface area contributed by atoms with Crippen molar-refractivity contribution in [3.8, 4) is 0 Å². The van der Waals surface area contributed by atoms with Gasteiger partial charge in [-0.05, 0) is 86.0 Å². The van der Waals surface area contributed by atoms with E-state index in [-0.39, 0.29) is 95.2 Å². The fourth-order valence-corrected chi connectivity index (χ4v) is 17.8. The number of ketones is 4. The Morgan fingerprint density at radius 1 is 0.317 bits per heavy atom. The summed E-state index contributed by atoms with van der Waals surface area (Å²) < 4.78 is 0. The number of Topliss-reactive ketones (excluding diaryl/α,β-unsaturated/α-hetero) is 4. The van der Waals surface area contributed by atoms with Crippen LogP contribution in [0.5, 0.6) is 0 Å². The van der Waals surface area contributed by atoms with Crippen LogP contribution < -0.4 is 54.0 Å². The highest BCUT2D eigenvalue weighted by atomic mass is 33.1. The van der Waals surface area contributed by atoms with Crippen molar-refractivity contribution >= 4 is 114 Å². The van der Waals surface area contributed by atoms with Crippen LogP contribution in [0.15, 0.2) is 172 Å². The second-order valence-corrected chi connectivity index (χ2v) is 33.2. The van der Waals surface area contributed by atoms with E-state index in [0.29, 0.717) is 75.2 Å². The number of fused-ring (bicyclic) bond motifs is 7. The number of nitrogens with zero attached hydrogens (tertiary/aromatic N) is 4. The zero-order chi connectivity index (χ0) is 84.3. The lowest BCUT2D eigenvalue weighted by Crippen LogP contribution is -2.61. The van der Waals surface area contributed by atoms with Crippen molar-refractivity contribution in [2.75, 3.05) is 24.6 Å². The van der Waals surface area contributed by atoms with Gasteiger partial charge in [0, 0.05) is 159 Å². The van der Waals surface area contributed by atoms with Gasteiger partial charge in [-0.25, -0.2) is 19.9 Å². The van der Waals surface area contributed by atoms with Gasteiger partial charge in [0.25, 0.3) is 0 Å². The van der Waals surface area contributed by atoms with E-state index in [1.165, 1.54) is 37.7 Å². The molecule has 12 rings (SSSR count). The first-order valence-electron chi connectivity index (χ1n) is 40.6. The Morgan fingerprint density at radius 2 is 0.708 bits per heavy atom. The van der Waals surface area contributed by atoms with E-state index in [0.717, 1.165) is 32.5 Å². The predicted octanol–water partition coefficient (Wildman–Crippen LogP) is 4.63. The van der Waals surface area contributed by atoms with E-state index < -0.39 is 168 Å². The van der Waals surface area contributed by atoms with Crippen LogP contribution in [0.3, 0.4) is 0 Å². The minimum absolute atomic E-state index is 0.0417. The third kappa shape index (κ3) is 24.8. The summed E-state index contributed by atoms with van der Waals surface area (Å²) in [5.74, 6) is -14.1. The van der Waals surface area contributed by atoms with Gasteiger partial charge in [-0.1, -0.05) is 125 Å². The third-order valence-corrected chi connectivity index (χ3v) is 24.4. The minimum atomic E-state index is -1.61. The van der Waals surface area contributed by atoms with Crippen LogP contribution in [0.2, 0.25) is 0 Å². The number of benzene rings is 4. The molecule has 0 saturated carbocycles. The fourth-order valence-electron chi connectivity index (χ4n) is 15.3. The number of amides is 8. The number of rotatable bonds is 24. The van der Waals surface area contributed by atoms with Gasteiger partial charge in [0.15, 0.2) is 5.78 Å². The number of para-hydroxylation sites is 2. The smallest absolute Gasteiger partial charge is 0.244 e. The number of aromatic nitrogens is 10. The zero-order valence-corrected chi connectivity index (χ0v) is 67.9. The van der Waals surface area contributed by atoms with Gasteiger partial charge in [0.2, 0.25) is 47.3 Å². The Balaban J connectivity index is 0.992. The Hall–Kier alpha value is -12.1. The number of unbranched alkanes of at least 4 members (excludes halogenated alkanes) is 2. The van der Waals surface area contributed by atoms with Gasteiger partial charge in [-0.3, -0.25) is 57.5 Å². The van der Waals surface area contributed by atoms with Gasteiger partial charge in [0.05, 0.1) is 60.0 Å². The van der Waals surface area contributed by atoms with Crippen molar-refractivity contribution < 1.29 is 57.5 Å². The molecule has 630 valence electrons. The predicted molar refractivity (Wildman–Crippen MR) is 452 cm³/mol. The standard InChI is InChI=1S/C86H102N20O12S2/c87-25-13-11-19-53-32-77(109)58-35-76(108)54(29-56-39-93-65-22-9-7-20-63(56)65)33-78(110)68(36-60-42-90-48-96-60)100-81(113)70(28-52-17-5-2-6-18-52)102-84(116)72(37-61-43-91-49-97-61)104-80(112)67(24-12-14-26-88)99-86(118)74(46-120-119-45-58)106-83(115)71(31-57-40-94-66-23-10-8-21-64(57)66)103-85(117)73(38-62-44-92-50-98-62)105-82(114)69(27-51-15-3-1-4-16-51)101-79(111)55(34-75(53)107)30-59-41-89-47-95-59/h1-10,15-18,20-23,39-44,47-50,53-55,58,67-74,93-94H,11-14,19,24-38,45-46,87-88H2,(H,89,95)(H,90,96)(H,91,97)(H,92,98)(H,99,118)(H,100,113)(H,101,111)(H,102,116)(H,103,117)(H,104,112)(H,105,114)(H,106,115)/t53-,54-,55-,58+,67+,68+,69-,70-,71+,72+,73+,74+/m1/s1. The third-order valence-electron chi connectivity index (χ3n) is 21.9. The van der Waals surface area contributed by atoms with Gasteiger partial charge < -0.3 is 83.9 Å². The molecule has 2 aliphatic heterocycles. The number of H-pyrrole nitrogens is 6. The lowest BCUT2D eigenvalue weighted by atomic mass is 9.81. The maximum absolute atomic E-state index is 16.1. The molecule has 4 aromatic carbocycles. The topological polar surface area (TPSA) is 499 Å². The molecule has 0 unspecified atom stereocenters. The van der Waals surface area contributed by atoms with Crippen LogP contribution in [0, 0.1) is 23.7 Å². The Kier molecular flexibility index (Phi) is 31.6. The van der Waals surface area contributed by atoms with Crippen molar-refractivity contribution in [3.05, 3.63) is 217 Å². The molecule has 10 aromatic rings. The van der Waals surface area contributed by atoms with E-state index in [9.17, 15) is 0 Å². The highest BCUT2D eigenvalue weighted by Crippen LogP contribution is 2.33. The number of nitrogens with two attached hydrogens (primary N) is 2. The number of hydrogen-bond acceptors (Lipinski definition) is 20. The monoisotopic (exact) mass is 1670 g/mol. The fraction of sp³-hybridized carbons (Fsp3) is 0.395. The van der Waals surface area contributed by atoms with E-state index in [1.54, 1.807) is 91.5 Å². The highest BCUT2D eigenvalue weighted by molar-refractivity contribution is 8.76. The molecular formula is C86H102N20O12S2. The molecule has 120 heavy (non-hydrogen) atoms. The number of nitrogens with one attached hydrogen (secondary N) is 14. The SMILES string of the molecule is NCCCC[C@@H]1CC(=O)[C@@H]2CSSC[C@H](NC(=O)[C@H](Cc3c[nH]c4ccccc34)NC(=O)[C@H](Cc3c[nH]cn3)NC(=O)[C@@H](Cc3ccccc3)NC(=O)[C@H](Cc3c[nH]cn3)CC1=O)C(=O)N[C@@H](CCCCN)C(=O)N[C@@H](Cc1c[nH]cn1)C(=O)N[C@H](Cc1ccccc1)C(=O)N[C@@H](Cc1c[nH]cn1)C(=O)C[C@@H](Cc1c[nH]c3ccccc13)C(=O)C2. The molecule has 0 aliphatic carbocycles. The average molecular weight is 1670 g/mol. The van der Waals surface area contributed by atoms with Crippen molar-refractivity contribution in [3.63, 3.8) is 0 Å². The first-order chi connectivity index (χ1) is 58.3. The second kappa shape index (κ2) is 43.5. The Bertz CT molecular complexity index is 4770. The summed E-state index contributed by atoms with van der Waals surface area (Å²) in [5, 5.41) is 24.6. The summed E-state index contributed by atoms with van der Waals surface area (Å²) in [5.41, 5.74) is 17.4. The largest absolute Gasteiger partial charge is 0.361 e. The average Bonchev–Trinajstić information content (AvgIpc) is 1.60. The first kappa shape index (κ1) is 87.2. The Morgan fingerprint density at radius 3 is 1.22 bits per heavy atom. The molecule has 2 saturated heterocycles. The number of carbonyl (C=O) groups excluding carboxylic acids is 12. The minimum Gasteiger partial charge on any atom is -0.361 e. The first-order valence-corrected chi connectivity index (χ1v) is 43.1. The molecule has 2 bridgehead atoms. The van der Waals surface area contributed by atoms with Gasteiger partial charge >= 0.3 is 0 Å². The molecule has 8 amide bonds. The second-order valence-electron chi connectivity index (χ2n) is 30.7. The summed E-state index contributed by atoms with van der Waals surface area (Å²) in [7, 11) is 2.12. The molecule has 34 heteroatoms. The van der Waals surface area contributed by atoms with Crippen LogP contribution >= 0.6 is 21.6 Å². The van der Waals surface area contributed by atoms with Crippen molar-refractivity contribution in [1.29, 1.82) is 0 Å². The van der Waals surface area contributed by atoms with E-state index in [4.69, 9.17) is 11.5 Å². The quantitative estimate of drug-likeness (QED) is 0.0289. The van der Waals surface area contributed by atoms with E-state index in [1.807, 2.05) is 42.5 Å². The number of hydrogen-bond donors (Lipinski definition) is 16. The molecule has 32 nitrogen and oxygen atoms in total. The molecule has 2 fully saturated rings. The molecule has 12 atom stereocenters. The van der Waals surface area contributed by atoms with Crippen LogP contribution in [0.4, 0.5) is 0 Å². The number of imidazole rings is 4. The summed E-state index contributed by atoms with van der Waals surface area (Å²) in [6.07, 6.45) is 13.6. The molecule has 2 aliphatic rings. The number of carbonyl (C=O) groups is 12. The lowest BCUT2D eigenvalue weighted by molar-refractivity contribution is -0.136. The molecule has 8 heterocycles. The molecule has 0 radical (unpaired) electrons. The van der Waals surface area contributed by atoms with Crippen LogP contribution in [-0.4, -0.2) is 193 Å². The van der Waals surface area contributed by atoms with Crippen LogP contribution in [0.25, 0.3) is 21.8 Å². The maximum Gasteiger partial charge on any atom is 0.244 e. The zero-order valence-electron chi connectivity index (χ0n) is 66.3. The molecule has 6 aromatic heterocycles. The molecule has 0 spiro atoms. The van der Waals surface area contributed by atoms with Crippen molar-refractivity contribution in [2.24, 2.45) is 35.1 Å². The van der Waals surface area contributed by atoms with Crippen LogP contribution in [-0.2, 0) is 109 Å². The lowest BCUT2D eigenvalue weighted by Gasteiger charge is -2.28. The Labute approximate surface area is 700 Å². The van der Waals surface area contributed by atoms with E-state index in [2.05, 4.69) is 92.4 Å². The maximum atomic E-state index is 16.1. The van der Waals surface area contributed by atoms with Gasteiger partial charge in [-0.2, -0.15) is 0 Å². The van der Waals surface area contributed by atoms with Gasteiger partial charge in [0.1, 0.15) is 59.6 Å². The number of aromatic amines is 6. The van der Waals surface area contributed by atoms with E-state index >= 15 is 57.5 Å². The summed E-state index contributed by atoms with van der Waals surface area (Å²) in [4.78, 5) is 223. The summed E-state index contributed by atoms with van der Waals surface area (Å²) in [6, 6.07) is 20.4. The van der Waals surface area contributed by atoms with Gasteiger partial charge in [-0.15, -0.1) is 0 Å².